The fourth-order valence-electron chi connectivity index (χ4n) is 3.84. The van der Waals surface area contributed by atoms with Crippen LogP contribution in [0.25, 0.3) is 10.2 Å². The molecule has 0 N–H and O–H groups in total. The van der Waals surface area contributed by atoms with E-state index in [0.29, 0.717) is 24.9 Å². The predicted octanol–water partition coefficient (Wildman–Crippen LogP) is 4.46. The molecule has 1 aromatic heterocycles. The van der Waals surface area contributed by atoms with Gasteiger partial charge in [-0.2, -0.15) is 0 Å². The molecular weight excluding hydrogens is 460 g/mol. The lowest BCUT2D eigenvalue weighted by Crippen LogP contribution is -2.37. The van der Waals surface area contributed by atoms with Crippen LogP contribution in [0.4, 0.5) is 5.13 Å². The summed E-state index contributed by atoms with van der Waals surface area (Å²) in [4.78, 5) is 19.8. The van der Waals surface area contributed by atoms with E-state index in [1.165, 1.54) is 11.3 Å². The molecule has 1 atom stereocenters. The number of ether oxygens (including phenoxy) is 2. The van der Waals surface area contributed by atoms with Gasteiger partial charge in [0, 0.05) is 13.0 Å². The van der Waals surface area contributed by atoms with Gasteiger partial charge >= 0.3 is 0 Å². The van der Waals surface area contributed by atoms with Crippen LogP contribution in [0, 0.1) is 0 Å². The molecule has 1 saturated heterocycles. The highest BCUT2D eigenvalue weighted by molar-refractivity contribution is 7.91. The Morgan fingerprint density at radius 2 is 2.06 bits per heavy atom. The molecular formula is C24H28N2O5S2. The number of anilines is 1. The first-order chi connectivity index (χ1) is 16.0. The molecule has 0 aliphatic carbocycles. The Bertz CT molecular complexity index is 1190. The molecule has 7 nitrogen and oxygen atoms in total. The van der Waals surface area contributed by atoms with Gasteiger partial charge in [0.15, 0.2) is 15.0 Å². The number of benzene rings is 2. The number of thiazole rings is 1. The quantitative estimate of drug-likeness (QED) is 0.419. The van der Waals surface area contributed by atoms with Crippen molar-refractivity contribution in [3.63, 3.8) is 0 Å². The maximum absolute atomic E-state index is 13.2. The van der Waals surface area contributed by atoms with Crippen LogP contribution in [0.5, 0.6) is 5.75 Å². The number of nitrogens with zero attached hydrogens (tertiary/aromatic N) is 2. The van der Waals surface area contributed by atoms with Crippen molar-refractivity contribution >= 4 is 42.4 Å². The minimum absolute atomic E-state index is 0.0343. The normalized spacial score (nSPS) is 16.2. The Hall–Kier alpha value is -2.49. The Balaban J connectivity index is 1.49. The van der Waals surface area contributed by atoms with Gasteiger partial charge in [-0.25, -0.2) is 13.4 Å². The van der Waals surface area contributed by atoms with Gasteiger partial charge in [0.1, 0.15) is 5.75 Å². The molecule has 9 heteroatoms. The molecule has 0 bridgehead atoms. The first kappa shape index (κ1) is 23.7. The molecule has 33 heavy (non-hydrogen) atoms. The van der Waals surface area contributed by atoms with Crippen molar-refractivity contribution in [1.82, 2.24) is 4.98 Å². The van der Waals surface area contributed by atoms with Crippen LogP contribution in [-0.2, 0) is 19.4 Å². The molecule has 1 aliphatic heterocycles. The van der Waals surface area contributed by atoms with E-state index in [2.05, 4.69) is 4.98 Å². The summed E-state index contributed by atoms with van der Waals surface area (Å²) < 4.78 is 37.4. The molecule has 1 amide bonds. The molecule has 176 valence electrons. The maximum Gasteiger partial charge on any atom is 0.228 e. The van der Waals surface area contributed by atoms with Crippen molar-refractivity contribution in [2.24, 2.45) is 0 Å². The van der Waals surface area contributed by atoms with Gasteiger partial charge in [-0.15, -0.1) is 0 Å². The van der Waals surface area contributed by atoms with Gasteiger partial charge in [0.2, 0.25) is 5.91 Å². The van der Waals surface area contributed by atoms with Crippen LogP contribution < -0.4 is 9.64 Å². The van der Waals surface area contributed by atoms with Gasteiger partial charge < -0.3 is 9.47 Å². The van der Waals surface area contributed by atoms with Gasteiger partial charge in [-0.3, -0.25) is 9.69 Å². The molecule has 0 spiro atoms. The second kappa shape index (κ2) is 10.6. The summed E-state index contributed by atoms with van der Waals surface area (Å²) >= 11 is 1.43. The van der Waals surface area contributed by atoms with E-state index < -0.39 is 9.84 Å². The Labute approximate surface area is 198 Å². The van der Waals surface area contributed by atoms with Crippen molar-refractivity contribution in [2.45, 2.75) is 43.6 Å². The minimum atomic E-state index is -3.42. The van der Waals surface area contributed by atoms with E-state index in [9.17, 15) is 13.2 Å². The second-order valence-electron chi connectivity index (χ2n) is 7.93. The highest BCUT2D eigenvalue weighted by atomic mass is 32.2. The maximum atomic E-state index is 13.2. The van der Waals surface area contributed by atoms with Gasteiger partial charge in [0.05, 0.1) is 40.1 Å². The van der Waals surface area contributed by atoms with Crippen LogP contribution in [0.1, 0.15) is 32.6 Å². The number of carbonyl (C=O) groups excluding carboxylic acids is 1. The highest BCUT2D eigenvalue weighted by Crippen LogP contribution is 2.33. The summed E-state index contributed by atoms with van der Waals surface area (Å²) in [6, 6.07) is 14.0. The standard InChI is InChI=1S/C24H28N2O5S2/c1-2-30-18-12-13-21-22(16-18)32-24(25-21)26(17-19-8-6-14-31-19)23(27)11-7-15-33(28,29)20-9-4-3-5-10-20/h3-5,9-10,12-13,16,19H,2,6-8,11,14-15,17H2,1H3. The summed E-state index contributed by atoms with van der Waals surface area (Å²) in [5, 5.41) is 0.602. The zero-order valence-electron chi connectivity index (χ0n) is 18.6. The largest absolute Gasteiger partial charge is 0.494 e. The van der Waals surface area contributed by atoms with Crippen LogP contribution in [0.3, 0.4) is 0 Å². The van der Waals surface area contributed by atoms with Crippen molar-refractivity contribution in [3.05, 3.63) is 48.5 Å². The average Bonchev–Trinajstić information content (AvgIpc) is 3.47. The number of fused-ring (bicyclic) bond motifs is 1. The SMILES string of the molecule is CCOc1ccc2nc(N(CC3CCCO3)C(=O)CCCS(=O)(=O)c3ccccc3)sc2c1. The molecule has 2 aromatic carbocycles. The number of sulfone groups is 1. The lowest BCUT2D eigenvalue weighted by Gasteiger charge is -2.23. The summed E-state index contributed by atoms with van der Waals surface area (Å²) in [7, 11) is -3.42. The third-order valence-corrected chi connectivity index (χ3v) is 8.37. The number of carbonyl (C=O) groups is 1. The van der Waals surface area contributed by atoms with Crippen molar-refractivity contribution in [2.75, 3.05) is 30.4 Å². The van der Waals surface area contributed by atoms with Crippen molar-refractivity contribution in [3.8, 4) is 5.75 Å². The zero-order chi connectivity index (χ0) is 23.3. The Kier molecular flexibility index (Phi) is 7.62. The van der Waals surface area contributed by atoms with E-state index in [1.807, 2.05) is 25.1 Å². The van der Waals surface area contributed by atoms with Crippen LogP contribution in [-0.4, -0.2) is 50.9 Å². The first-order valence-corrected chi connectivity index (χ1v) is 13.7. The Morgan fingerprint density at radius 1 is 1.24 bits per heavy atom. The molecule has 1 fully saturated rings. The number of rotatable bonds is 10. The highest BCUT2D eigenvalue weighted by Gasteiger charge is 2.26. The Morgan fingerprint density at radius 3 is 2.79 bits per heavy atom. The van der Waals surface area contributed by atoms with Gasteiger partial charge in [-0.1, -0.05) is 29.5 Å². The monoisotopic (exact) mass is 488 g/mol. The second-order valence-corrected chi connectivity index (χ2v) is 11.1. The van der Waals surface area contributed by atoms with Gasteiger partial charge in [0.25, 0.3) is 0 Å². The number of aromatic nitrogens is 1. The zero-order valence-corrected chi connectivity index (χ0v) is 20.2. The third kappa shape index (κ3) is 5.90. The summed E-state index contributed by atoms with van der Waals surface area (Å²) in [5.41, 5.74) is 0.801. The summed E-state index contributed by atoms with van der Waals surface area (Å²) in [5.74, 6) is 0.551. The topological polar surface area (TPSA) is 85.8 Å². The van der Waals surface area contributed by atoms with Crippen molar-refractivity contribution < 1.29 is 22.7 Å². The fraction of sp³-hybridized carbons (Fsp3) is 0.417. The molecule has 1 aliphatic rings. The van der Waals surface area contributed by atoms with E-state index in [-0.39, 0.29) is 35.5 Å². The van der Waals surface area contributed by atoms with E-state index in [1.54, 1.807) is 35.2 Å². The lowest BCUT2D eigenvalue weighted by molar-refractivity contribution is -0.119. The summed E-state index contributed by atoms with van der Waals surface area (Å²) in [6.45, 7) is 3.62. The van der Waals surface area contributed by atoms with Gasteiger partial charge in [-0.05, 0) is 56.5 Å². The third-order valence-electron chi connectivity index (χ3n) is 5.51. The lowest BCUT2D eigenvalue weighted by atomic mass is 10.2. The number of hydrogen-bond donors (Lipinski definition) is 0. The molecule has 0 saturated carbocycles. The molecule has 2 heterocycles. The minimum Gasteiger partial charge on any atom is -0.494 e. The molecule has 3 aromatic rings. The summed E-state index contributed by atoms with van der Waals surface area (Å²) in [6.07, 6.45) is 2.20. The van der Waals surface area contributed by atoms with E-state index in [4.69, 9.17) is 9.47 Å². The fourth-order valence-corrected chi connectivity index (χ4v) is 6.19. The van der Waals surface area contributed by atoms with E-state index >= 15 is 0 Å². The number of amides is 1. The molecule has 0 radical (unpaired) electrons. The van der Waals surface area contributed by atoms with E-state index in [0.717, 1.165) is 28.8 Å². The van der Waals surface area contributed by atoms with Crippen LogP contribution >= 0.6 is 11.3 Å². The molecule has 1 unspecified atom stereocenters. The first-order valence-electron chi connectivity index (χ1n) is 11.2. The molecule has 4 rings (SSSR count). The smallest absolute Gasteiger partial charge is 0.228 e. The number of hydrogen-bond acceptors (Lipinski definition) is 7. The van der Waals surface area contributed by atoms with Crippen LogP contribution in [0.2, 0.25) is 0 Å². The van der Waals surface area contributed by atoms with Crippen LogP contribution in [0.15, 0.2) is 53.4 Å². The predicted molar refractivity (Wildman–Crippen MR) is 130 cm³/mol. The average molecular weight is 489 g/mol. The van der Waals surface area contributed by atoms with Crippen molar-refractivity contribution in [1.29, 1.82) is 0 Å².